The van der Waals surface area contributed by atoms with E-state index in [1.807, 2.05) is 27.1 Å². The van der Waals surface area contributed by atoms with Gasteiger partial charge in [0.1, 0.15) is 6.04 Å². The molecule has 1 aromatic rings. The van der Waals surface area contributed by atoms with Gasteiger partial charge in [0.05, 0.1) is 11.4 Å². The molecule has 0 bridgehead atoms. The Bertz CT molecular complexity index is 345. The standard InChI is InChI=1S/C10H18N4O/c1-5-8-9(6-14(4)13-8)12-7(2)10(15)11-3/h6-7,12H,5H2,1-4H3,(H,11,15). The Morgan fingerprint density at radius 1 is 1.67 bits per heavy atom. The Balaban J connectivity index is 2.75. The second-order valence-electron chi connectivity index (χ2n) is 3.50. The number of aryl methyl sites for hydroxylation is 2. The Kier molecular flexibility index (Phi) is 3.71. The van der Waals surface area contributed by atoms with Gasteiger partial charge in [-0.2, -0.15) is 5.10 Å². The number of nitrogens with one attached hydrogen (secondary N) is 2. The highest BCUT2D eigenvalue weighted by Crippen LogP contribution is 2.14. The number of carbonyl (C=O) groups is 1. The molecule has 1 heterocycles. The first kappa shape index (κ1) is 11.6. The van der Waals surface area contributed by atoms with Gasteiger partial charge < -0.3 is 10.6 Å². The Labute approximate surface area is 89.9 Å². The summed E-state index contributed by atoms with van der Waals surface area (Å²) in [5.41, 5.74) is 1.91. The fourth-order valence-electron chi connectivity index (χ4n) is 1.43. The van der Waals surface area contributed by atoms with Gasteiger partial charge in [0.2, 0.25) is 5.91 Å². The van der Waals surface area contributed by atoms with E-state index in [2.05, 4.69) is 15.7 Å². The molecule has 0 aliphatic rings. The lowest BCUT2D eigenvalue weighted by molar-refractivity contribution is -0.121. The van der Waals surface area contributed by atoms with E-state index in [1.54, 1.807) is 11.7 Å². The molecule has 5 heteroatoms. The van der Waals surface area contributed by atoms with Crippen molar-refractivity contribution in [3.8, 4) is 0 Å². The zero-order valence-corrected chi connectivity index (χ0v) is 9.66. The average Bonchev–Trinajstić information content (AvgIpc) is 2.57. The number of anilines is 1. The summed E-state index contributed by atoms with van der Waals surface area (Å²) in [6.07, 6.45) is 2.74. The van der Waals surface area contributed by atoms with Gasteiger partial charge in [0.25, 0.3) is 0 Å². The number of carbonyl (C=O) groups excluding carboxylic acids is 1. The molecule has 0 fully saturated rings. The number of rotatable bonds is 4. The fourth-order valence-corrected chi connectivity index (χ4v) is 1.43. The minimum absolute atomic E-state index is 0.0269. The van der Waals surface area contributed by atoms with Crippen molar-refractivity contribution < 1.29 is 4.79 Å². The Hall–Kier alpha value is -1.52. The van der Waals surface area contributed by atoms with Crippen molar-refractivity contribution in [3.63, 3.8) is 0 Å². The second-order valence-corrected chi connectivity index (χ2v) is 3.50. The van der Waals surface area contributed by atoms with Crippen LogP contribution in [0, 0.1) is 0 Å². The molecule has 0 aliphatic heterocycles. The molecule has 1 amide bonds. The molecule has 1 atom stereocenters. The van der Waals surface area contributed by atoms with Crippen LogP contribution in [0.2, 0.25) is 0 Å². The summed E-state index contributed by atoms with van der Waals surface area (Å²) in [6, 6.07) is -0.246. The van der Waals surface area contributed by atoms with E-state index < -0.39 is 0 Å². The maximum Gasteiger partial charge on any atom is 0.241 e. The van der Waals surface area contributed by atoms with E-state index in [-0.39, 0.29) is 11.9 Å². The molecule has 0 spiro atoms. The van der Waals surface area contributed by atoms with Crippen molar-refractivity contribution in [2.45, 2.75) is 26.3 Å². The van der Waals surface area contributed by atoms with E-state index in [0.29, 0.717) is 0 Å². The van der Waals surface area contributed by atoms with E-state index >= 15 is 0 Å². The molecule has 5 nitrogen and oxygen atoms in total. The molecule has 0 aliphatic carbocycles. The van der Waals surface area contributed by atoms with Gasteiger partial charge in [0, 0.05) is 20.3 Å². The van der Waals surface area contributed by atoms with Gasteiger partial charge in [-0.15, -0.1) is 0 Å². The predicted octanol–water partition coefficient (Wildman–Crippen LogP) is 0.529. The Morgan fingerprint density at radius 3 is 2.87 bits per heavy atom. The Morgan fingerprint density at radius 2 is 2.33 bits per heavy atom. The molecular weight excluding hydrogens is 192 g/mol. The SMILES string of the molecule is CCc1nn(C)cc1NC(C)C(=O)NC. The first-order valence-electron chi connectivity index (χ1n) is 5.09. The third-order valence-electron chi connectivity index (χ3n) is 2.25. The topological polar surface area (TPSA) is 59.0 Å². The molecule has 0 aromatic carbocycles. The van der Waals surface area contributed by atoms with Gasteiger partial charge in [-0.25, -0.2) is 0 Å². The van der Waals surface area contributed by atoms with Crippen LogP contribution in [0.25, 0.3) is 0 Å². The van der Waals surface area contributed by atoms with Crippen molar-refractivity contribution >= 4 is 11.6 Å². The normalized spacial score (nSPS) is 12.3. The van der Waals surface area contributed by atoms with Crippen LogP contribution in [0.3, 0.4) is 0 Å². The minimum Gasteiger partial charge on any atom is -0.371 e. The van der Waals surface area contributed by atoms with Gasteiger partial charge in [0.15, 0.2) is 0 Å². The summed E-state index contributed by atoms with van der Waals surface area (Å²) in [4.78, 5) is 11.3. The van der Waals surface area contributed by atoms with Crippen molar-refractivity contribution in [3.05, 3.63) is 11.9 Å². The number of nitrogens with zero attached hydrogens (tertiary/aromatic N) is 2. The van der Waals surface area contributed by atoms with E-state index in [1.165, 1.54) is 0 Å². The lowest BCUT2D eigenvalue weighted by Gasteiger charge is -2.12. The largest absolute Gasteiger partial charge is 0.371 e. The summed E-state index contributed by atoms with van der Waals surface area (Å²) in [5, 5.41) is 10.0. The highest BCUT2D eigenvalue weighted by Gasteiger charge is 2.13. The molecule has 15 heavy (non-hydrogen) atoms. The van der Waals surface area contributed by atoms with Gasteiger partial charge in [-0.05, 0) is 13.3 Å². The van der Waals surface area contributed by atoms with E-state index in [9.17, 15) is 4.79 Å². The molecule has 84 valence electrons. The van der Waals surface area contributed by atoms with Crippen LogP contribution in [-0.2, 0) is 18.3 Å². The summed E-state index contributed by atoms with van der Waals surface area (Å²) in [7, 11) is 3.50. The van der Waals surface area contributed by atoms with Crippen LogP contribution in [0.4, 0.5) is 5.69 Å². The summed E-state index contributed by atoms with van der Waals surface area (Å²) in [5.74, 6) is -0.0269. The minimum atomic E-state index is -0.246. The monoisotopic (exact) mass is 210 g/mol. The van der Waals surface area contributed by atoms with Gasteiger partial charge >= 0.3 is 0 Å². The van der Waals surface area contributed by atoms with E-state index in [4.69, 9.17) is 0 Å². The smallest absolute Gasteiger partial charge is 0.241 e. The maximum atomic E-state index is 11.3. The molecule has 2 N–H and O–H groups in total. The van der Waals surface area contributed by atoms with Crippen molar-refractivity contribution in [2.24, 2.45) is 7.05 Å². The lowest BCUT2D eigenvalue weighted by atomic mass is 10.2. The highest BCUT2D eigenvalue weighted by molar-refractivity contribution is 5.83. The molecular formula is C10H18N4O. The van der Waals surface area contributed by atoms with Gasteiger partial charge in [-0.3, -0.25) is 9.48 Å². The van der Waals surface area contributed by atoms with Crippen LogP contribution >= 0.6 is 0 Å². The second kappa shape index (κ2) is 4.82. The third-order valence-corrected chi connectivity index (χ3v) is 2.25. The molecule has 0 radical (unpaired) electrons. The molecule has 1 aromatic heterocycles. The van der Waals surface area contributed by atoms with E-state index in [0.717, 1.165) is 17.8 Å². The summed E-state index contributed by atoms with van der Waals surface area (Å²) < 4.78 is 1.75. The number of aromatic nitrogens is 2. The number of likely N-dealkylation sites (N-methyl/N-ethyl adjacent to an activating group) is 1. The molecule has 1 rings (SSSR count). The highest BCUT2D eigenvalue weighted by atomic mass is 16.2. The lowest BCUT2D eigenvalue weighted by Crippen LogP contribution is -2.35. The van der Waals surface area contributed by atoms with Crippen LogP contribution in [0.5, 0.6) is 0 Å². The summed E-state index contributed by atoms with van der Waals surface area (Å²) in [6.45, 7) is 3.86. The van der Waals surface area contributed by atoms with Crippen molar-refractivity contribution in [2.75, 3.05) is 12.4 Å². The van der Waals surface area contributed by atoms with Crippen LogP contribution < -0.4 is 10.6 Å². The predicted molar refractivity (Wildman–Crippen MR) is 59.7 cm³/mol. The zero-order chi connectivity index (χ0) is 11.4. The first-order chi connectivity index (χ1) is 7.08. The third kappa shape index (κ3) is 2.71. The van der Waals surface area contributed by atoms with Crippen molar-refractivity contribution in [1.29, 1.82) is 0 Å². The number of amides is 1. The van der Waals surface area contributed by atoms with Gasteiger partial charge in [-0.1, -0.05) is 6.92 Å². The molecule has 0 saturated heterocycles. The first-order valence-corrected chi connectivity index (χ1v) is 5.09. The molecule has 0 saturated carbocycles. The maximum absolute atomic E-state index is 11.3. The summed E-state index contributed by atoms with van der Waals surface area (Å²) >= 11 is 0. The quantitative estimate of drug-likeness (QED) is 0.762. The molecule has 1 unspecified atom stereocenters. The van der Waals surface area contributed by atoms with Crippen LogP contribution in [-0.4, -0.2) is 28.8 Å². The number of hydrogen-bond acceptors (Lipinski definition) is 3. The van der Waals surface area contributed by atoms with Crippen LogP contribution in [0.15, 0.2) is 6.20 Å². The average molecular weight is 210 g/mol. The van der Waals surface area contributed by atoms with Crippen LogP contribution in [0.1, 0.15) is 19.5 Å². The fraction of sp³-hybridized carbons (Fsp3) is 0.600. The zero-order valence-electron chi connectivity index (χ0n) is 9.66. The number of hydrogen-bond donors (Lipinski definition) is 2. The van der Waals surface area contributed by atoms with Crippen molar-refractivity contribution in [1.82, 2.24) is 15.1 Å².